The van der Waals surface area contributed by atoms with Gasteiger partial charge in [0.2, 0.25) is 5.91 Å². The number of amides is 2. The highest BCUT2D eigenvalue weighted by Crippen LogP contribution is 2.31. The summed E-state index contributed by atoms with van der Waals surface area (Å²) < 4.78 is 7.37. The Bertz CT molecular complexity index is 1340. The Morgan fingerprint density at radius 3 is 2.67 bits per heavy atom. The number of rotatable bonds is 7. The first-order valence-electron chi connectivity index (χ1n) is 10.5. The number of aromatic nitrogens is 3. The Hall–Kier alpha value is -3.72. The molecule has 2 N–H and O–H groups in total. The number of imidazole rings is 1. The number of hydrogen-bond acceptors (Lipinski definition) is 6. The van der Waals surface area contributed by atoms with Crippen molar-refractivity contribution in [3.8, 4) is 17.1 Å². The van der Waals surface area contributed by atoms with Crippen LogP contribution in [0.15, 0.2) is 41.8 Å². The molecule has 0 bridgehead atoms. The van der Waals surface area contributed by atoms with Crippen LogP contribution >= 0.6 is 11.3 Å². The molecule has 4 aromatic rings. The van der Waals surface area contributed by atoms with Gasteiger partial charge in [-0.25, -0.2) is 9.97 Å². The van der Waals surface area contributed by atoms with Gasteiger partial charge in [0.15, 0.2) is 0 Å². The van der Waals surface area contributed by atoms with Crippen LogP contribution < -0.4 is 15.4 Å². The van der Waals surface area contributed by atoms with Gasteiger partial charge in [-0.3, -0.25) is 9.59 Å². The summed E-state index contributed by atoms with van der Waals surface area (Å²) in [7, 11) is 1.62. The van der Waals surface area contributed by atoms with Crippen LogP contribution in [0.1, 0.15) is 34.9 Å². The Balaban J connectivity index is 1.83. The number of benzene rings is 2. The molecule has 33 heavy (non-hydrogen) atoms. The predicted molar refractivity (Wildman–Crippen MR) is 130 cm³/mol. The second-order valence-electron chi connectivity index (χ2n) is 7.55. The minimum atomic E-state index is -0.258. The Morgan fingerprint density at radius 1 is 1.18 bits per heavy atom. The third-order valence-electron chi connectivity index (χ3n) is 5.12. The van der Waals surface area contributed by atoms with Gasteiger partial charge in [-0.2, -0.15) is 0 Å². The maximum Gasteiger partial charge on any atom is 0.253 e. The van der Waals surface area contributed by atoms with E-state index in [0.717, 1.165) is 27.8 Å². The van der Waals surface area contributed by atoms with E-state index in [0.29, 0.717) is 35.4 Å². The van der Waals surface area contributed by atoms with E-state index in [2.05, 4.69) is 15.6 Å². The van der Waals surface area contributed by atoms with Crippen LogP contribution in [0.4, 0.5) is 5.69 Å². The highest BCUT2D eigenvalue weighted by Gasteiger charge is 2.21. The Labute approximate surface area is 195 Å². The van der Waals surface area contributed by atoms with Gasteiger partial charge >= 0.3 is 0 Å². The number of carbonyl (C=O) groups is 2. The minimum absolute atomic E-state index is 0.220. The molecule has 0 unspecified atom stereocenters. The van der Waals surface area contributed by atoms with Gasteiger partial charge in [-0.05, 0) is 38.1 Å². The zero-order valence-electron chi connectivity index (χ0n) is 18.9. The van der Waals surface area contributed by atoms with Gasteiger partial charge in [-0.15, -0.1) is 11.3 Å². The molecular formula is C24H25N5O3S. The van der Waals surface area contributed by atoms with Crippen LogP contribution in [0.3, 0.4) is 0 Å². The number of anilines is 1. The number of nitrogens with zero attached hydrogens (tertiary/aromatic N) is 3. The van der Waals surface area contributed by atoms with Crippen molar-refractivity contribution in [2.75, 3.05) is 12.4 Å². The van der Waals surface area contributed by atoms with Crippen LogP contribution in [-0.2, 0) is 17.9 Å². The summed E-state index contributed by atoms with van der Waals surface area (Å²) in [5.74, 6) is 0.961. The normalized spacial score (nSPS) is 10.9. The molecule has 2 aromatic carbocycles. The van der Waals surface area contributed by atoms with Gasteiger partial charge in [0, 0.05) is 35.8 Å². The average Bonchev–Trinajstić information content (AvgIpc) is 3.39. The largest absolute Gasteiger partial charge is 0.497 e. The molecule has 0 aliphatic carbocycles. The van der Waals surface area contributed by atoms with E-state index in [4.69, 9.17) is 9.72 Å². The lowest BCUT2D eigenvalue weighted by Crippen LogP contribution is -2.24. The Morgan fingerprint density at radius 2 is 2.00 bits per heavy atom. The molecule has 0 aliphatic heterocycles. The van der Waals surface area contributed by atoms with Gasteiger partial charge < -0.3 is 19.9 Å². The fourth-order valence-corrected chi connectivity index (χ4v) is 4.45. The lowest BCUT2D eigenvalue weighted by atomic mass is 10.1. The highest BCUT2D eigenvalue weighted by molar-refractivity contribution is 7.09. The fraction of sp³-hybridized carbons (Fsp3) is 0.250. The topological polar surface area (TPSA) is 98.1 Å². The molecule has 9 heteroatoms. The first kappa shape index (κ1) is 22.5. The molecule has 0 spiro atoms. The average molecular weight is 464 g/mol. The van der Waals surface area contributed by atoms with E-state index in [1.807, 2.05) is 48.1 Å². The van der Waals surface area contributed by atoms with Crippen LogP contribution in [-0.4, -0.2) is 33.5 Å². The summed E-state index contributed by atoms with van der Waals surface area (Å²) in [5.41, 5.74) is 4.08. The van der Waals surface area contributed by atoms with E-state index in [1.54, 1.807) is 19.2 Å². The molecule has 0 saturated carbocycles. The second-order valence-corrected chi connectivity index (χ2v) is 8.49. The fourth-order valence-electron chi connectivity index (χ4n) is 3.74. The lowest BCUT2D eigenvalue weighted by Gasteiger charge is -2.12. The van der Waals surface area contributed by atoms with Crippen molar-refractivity contribution >= 4 is 39.9 Å². The molecule has 4 rings (SSSR count). The van der Waals surface area contributed by atoms with Crippen molar-refractivity contribution in [2.24, 2.45) is 0 Å². The quantitative estimate of drug-likeness (QED) is 0.424. The van der Waals surface area contributed by atoms with E-state index in [1.165, 1.54) is 18.3 Å². The van der Waals surface area contributed by atoms with Crippen LogP contribution in [0.25, 0.3) is 22.4 Å². The second kappa shape index (κ2) is 9.41. The van der Waals surface area contributed by atoms with Crippen LogP contribution in [0.2, 0.25) is 0 Å². The van der Waals surface area contributed by atoms with E-state index in [9.17, 15) is 9.59 Å². The molecular weight excluding hydrogens is 438 g/mol. The molecule has 0 atom stereocenters. The number of carbonyl (C=O) groups excluding carboxylic acids is 2. The zero-order chi connectivity index (χ0) is 23.5. The molecule has 0 saturated heterocycles. The monoisotopic (exact) mass is 463 g/mol. The summed E-state index contributed by atoms with van der Waals surface area (Å²) in [6.45, 7) is 6.29. The third-order valence-corrected chi connectivity index (χ3v) is 6.08. The zero-order valence-corrected chi connectivity index (χ0v) is 19.7. The van der Waals surface area contributed by atoms with Gasteiger partial charge in [0.25, 0.3) is 5.91 Å². The molecule has 0 radical (unpaired) electrons. The Kier molecular flexibility index (Phi) is 6.41. The molecule has 170 valence electrons. The van der Waals surface area contributed by atoms with Gasteiger partial charge in [0.1, 0.15) is 16.6 Å². The maximum atomic E-state index is 13.3. The van der Waals surface area contributed by atoms with E-state index >= 15 is 0 Å². The number of nitrogens with one attached hydrogen (secondary N) is 2. The standard InChI is InChI=1S/C24H25N5O3S/c1-5-29-22-19(24(31)25-12-21-26-14(2)13-33-21)10-17(27-15(3)30)11-20(22)28-23(29)16-7-6-8-18(9-16)32-4/h6-11,13H,5,12H2,1-4H3,(H,25,31)(H,27,30). The number of ether oxygens (including phenoxy) is 1. The first-order valence-corrected chi connectivity index (χ1v) is 11.4. The lowest BCUT2D eigenvalue weighted by molar-refractivity contribution is -0.114. The molecule has 8 nitrogen and oxygen atoms in total. The molecule has 0 fully saturated rings. The summed E-state index contributed by atoms with van der Waals surface area (Å²) >= 11 is 1.50. The van der Waals surface area contributed by atoms with Crippen molar-refractivity contribution in [3.05, 3.63) is 58.0 Å². The van der Waals surface area contributed by atoms with E-state index < -0.39 is 0 Å². The first-order chi connectivity index (χ1) is 15.9. The van der Waals surface area contributed by atoms with Crippen LogP contribution in [0.5, 0.6) is 5.75 Å². The summed E-state index contributed by atoms with van der Waals surface area (Å²) in [6, 6.07) is 11.1. The molecule has 2 aromatic heterocycles. The van der Waals surface area contributed by atoms with Crippen molar-refractivity contribution in [1.82, 2.24) is 19.9 Å². The van der Waals surface area contributed by atoms with E-state index in [-0.39, 0.29) is 11.8 Å². The van der Waals surface area contributed by atoms with Crippen molar-refractivity contribution < 1.29 is 14.3 Å². The predicted octanol–water partition coefficient (Wildman–Crippen LogP) is 4.39. The smallest absolute Gasteiger partial charge is 0.253 e. The minimum Gasteiger partial charge on any atom is -0.497 e. The van der Waals surface area contributed by atoms with Gasteiger partial charge in [0.05, 0.1) is 30.3 Å². The third kappa shape index (κ3) is 4.73. The van der Waals surface area contributed by atoms with Crippen LogP contribution in [0, 0.1) is 6.92 Å². The van der Waals surface area contributed by atoms with Crippen molar-refractivity contribution in [2.45, 2.75) is 33.9 Å². The molecule has 2 amide bonds. The van der Waals surface area contributed by atoms with Gasteiger partial charge in [-0.1, -0.05) is 12.1 Å². The summed E-state index contributed by atoms with van der Waals surface area (Å²) in [5, 5.41) is 8.51. The molecule has 0 aliphatic rings. The SMILES string of the molecule is CCn1c(-c2cccc(OC)c2)nc2cc(NC(C)=O)cc(C(=O)NCc3nc(C)cs3)c21. The number of hydrogen-bond donors (Lipinski definition) is 2. The summed E-state index contributed by atoms with van der Waals surface area (Å²) in [6.07, 6.45) is 0. The van der Waals surface area contributed by atoms with Crippen molar-refractivity contribution in [3.63, 3.8) is 0 Å². The number of thiazole rings is 1. The maximum absolute atomic E-state index is 13.3. The number of aryl methyl sites for hydroxylation is 2. The summed E-state index contributed by atoms with van der Waals surface area (Å²) in [4.78, 5) is 34.2. The number of methoxy groups -OCH3 is 1. The number of fused-ring (bicyclic) bond motifs is 1. The highest BCUT2D eigenvalue weighted by atomic mass is 32.1. The molecule has 2 heterocycles. The van der Waals surface area contributed by atoms with Crippen molar-refractivity contribution in [1.29, 1.82) is 0 Å².